The van der Waals surface area contributed by atoms with Crippen molar-refractivity contribution < 1.29 is 9.53 Å². The maximum absolute atomic E-state index is 12.0. The number of benzene rings is 1. The van der Waals surface area contributed by atoms with Crippen LogP contribution in [0.2, 0.25) is 10.0 Å². The monoisotopic (exact) mass is 422 g/mol. The SMILES string of the molecule is CCOC(=O)Cc1cnc(-c2ccc(Cl)c(Cl)c2)n1-c1ccnc(SC)n1. The number of halogens is 2. The fourth-order valence-corrected chi connectivity index (χ4v) is 3.17. The summed E-state index contributed by atoms with van der Waals surface area (Å²) in [5.41, 5.74) is 1.41. The van der Waals surface area contributed by atoms with E-state index in [9.17, 15) is 4.79 Å². The molecule has 9 heteroatoms. The fourth-order valence-electron chi connectivity index (χ4n) is 2.52. The molecule has 2 aromatic heterocycles. The van der Waals surface area contributed by atoms with Crippen molar-refractivity contribution in [3.63, 3.8) is 0 Å². The van der Waals surface area contributed by atoms with E-state index in [0.717, 1.165) is 5.56 Å². The largest absolute Gasteiger partial charge is 0.466 e. The van der Waals surface area contributed by atoms with E-state index in [-0.39, 0.29) is 12.4 Å². The quantitative estimate of drug-likeness (QED) is 0.331. The third-order valence-electron chi connectivity index (χ3n) is 3.67. The summed E-state index contributed by atoms with van der Waals surface area (Å²) in [5.74, 6) is 0.865. The molecule has 0 saturated heterocycles. The molecule has 2 heterocycles. The molecule has 0 spiro atoms. The van der Waals surface area contributed by atoms with Crippen LogP contribution in [0.5, 0.6) is 0 Å². The Morgan fingerprint density at radius 3 is 2.74 bits per heavy atom. The number of nitrogens with zero attached hydrogens (tertiary/aromatic N) is 4. The van der Waals surface area contributed by atoms with Gasteiger partial charge in [-0.15, -0.1) is 0 Å². The Hall–Kier alpha value is -2.09. The van der Waals surface area contributed by atoms with E-state index in [4.69, 9.17) is 27.9 Å². The lowest BCUT2D eigenvalue weighted by Crippen LogP contribution is -2.12. The molecule has 3 rings (SSSR count). The van der Waals surface area contributed by atoms with Crippen LogP contribution in [0.3, 0.4) is 0 Å². The molecule has 1 aromatic carbocycles. The van der Waals surface area contributed by atoms with Gasteiger partial charge in [-0.2, -0.15) is 0 Å². The van der Waals surface area contributed by atoms with Crippen LogP contribution in [-0.4, -0.2) is 38.4 Å². The van der Waals surface area contributed by atoms with Crippen LogP contribution in [0.25, 0.3) is 17.2 Å². The predicted octanol–water partition coefficient (Wildman–Crippen LogP) is 4.46. The van der Waals surface area contributed by atoms with Gasteiger partial charge in [-0.3, -0.25) is 9.36 Å². The molecule has 0 aliphatic carbocycles. The summed E-state index contributed by atoms with van der Waals surface area (Å²) in [5, 5.41) is 1.49. The van der Waals surface area contributed by atoms with Gasteiger partial charge in [0, 0.05) is 18.0 Å². The number of esters is 1. The van der Waals surface area contributed by atoms with Gasteiger partial charge < -0.3 is 4.74 Å². The molecule has 0 N–H and O–H groups in total. The Kier molecular flexibility index (Phi) is 6.36. The van der Waals surface area contributed by atoms with Gasteiger partial charge in [0.05, 0.1) is 28.8 Å². The van der Waals surface area contributed by atoms with E-state index in [2.05, 4.69) is 15.0 Å². The molecule has 3 aromatic rings. The van der Waals surface area contributed by atoms with Crippen LogP contribution >= 0.6 is 35.0 Å². The highest BCUT2D eigenvalue weighted by Crippen LogP contribution is 2.30. The molecular weight excluding hydrogens is 407 g/mol. The number of ether oxygens (including phenoxy) is 1. The second-order valence-electron chi connectivity index (χ2n) is 5.42. The maximum Gasteiger partial charge on any atom is 0.311 e. The number of carbonyl (C=O) groups excluding carboxylic acids is 1. The Labute approximate surface area is 170 Å². The lowest BCUT2D eigenvalue weighted by Gasteiger charge is -2.12. The number of imidazole rings is 1. The Morgan fingerprint density at radius 2 is 2.04 bits per heavy atom. The average Bonchev–Trinajstić information content (AvgIpc) is 3.07. The van der Waals surface area contributed by atoms with Crippen molar-refractivity contribution in [3.05, 3.63) is 52.4 Å². The van der Waals surface area contributed by atoms with Crippen molar-refractivity contribution >= 4 is 40.9 Å². The molecule has 0 atom stereocenters. The van der Waals surface area contributed by atoms with Crippen LogP contribution in [0.15, 0.2) is 41.8 Å². The molecule has 0 aliphatic heterocycles. The first-order chi connectivity index (χ1) is 13.0. The third kappa shape index (κ3) is 4.43. The zero-order chi connectivity index (χ0) is 19.4. The topological polar surface area (TPSA) is 69.9 Å². The number of thioether (sulfide) groups is 1. The van der Waals surface area contributed by atoms with E-state index < -0.39 is 0 Å². The minimum absolute atomic E-state index is 0.0702. The van der Waals surface area contributed by atoms with Gasteiger partial charge >= 0.3 is 5.97 Å². The normalized spacial score (nSPS) is 10.8. The first-order valence-electron chi connectivity index (χ1n) is 8.08. The molecule has 0 amide bonds. The van der Waals surface area contributed by atoms with Crippen molar-refractivity contribution in [2.75, 3.05) is 12.9 Å². The number of carbonyl (C=O) groups is 1. The molecule has 0 unspecified atom stereocenters. The van der Waals surface area contributed by atoms with E-state index in [0.29, 0.717) is 39.1 Å². The van der Waals surface area contributed by atoms with E-state index in [1.807, 2.05) is 12.3 Å². The molecule has 0 bridgehead atoms. The summed E-state index contributed by atoms with van der Waals surface area (Å²) in [6, 6.07) is 7.01. The summed E-state index contributed by atoms with van der Waals surface area (Å²) < 4.78 is 6.88. The first-order valence-corrected chi connectivity index (χ1v) is 10.1. The van der Waals surface area contributed by atoms with Crippen LogP contribution in [-0.2, 0) is 16.0 Å². The van der Waals surface area contributed by atoms with E-state index in [1.54, 1.807) is 42.1 Å². The van der Waals surface area contributed by atoms with Gasteiger partial charge in [0.15, 0.2) is 5.16 Å². The highest BCUT2D eigenvalue weighted by atomic mass is 35.5. The van der Waals surface area contributed by atoms with Gasteiger partial charge in [0.25, 0.3) is 0 Å². The van der Waals surface area contributed by atoms with Crippen molar-refractivity contribution in [2.24, 2.45) is 0 Å². The van der Waals surface area contributed by atoms with Crippen molar-refractivity contribution in [1.29, 1.82) is 0 Å². The van der Waals surface area contributed by atoms with Crippen LogP contribution in [0.4, 0.5) is 0 Å². The zero-order valence-corrected chi connectivity index (χ0v) is 17.0. The number of hydrogen-bond acceptors (Lipinski definition) is 6. The van der Waals surface area contributed by atoms with E-state index in [1.165, 1.54) is 11.8 Å². The standard InChI is InChI=1S/C18H16Cl2N4O2S/c1-3-26-16(25)9-12-10-22-17(11-4-5-13(19)14(20)8-11)24(12)15-6-7-21-18(23-15)27-2/h4-8,10H,3,9H2,1-2H3. The summed E-state index contributed by atoms with van der Waals surface area (Å²) in [7, 11) is 0. The third-order valence-corrected chi connectivity index (χ3v) is 4.97. The second kappa shape index (κ2) is 8.73. The zero-order valence-electron chi connectivity index (χ0n) is 14.6. The van der Waals surface area contributed by atoms with Gasteiger partial charge in [0.1, 0.15) is 11.6 Å². The summed E-state index contributed by atoms with van der Waals surface area (Å²) in [4.78, 5) is 25.3. The minimum atomic E-state index is -0.335. The van der Waals surface area contributed by atoms with Gasteiger partial charge in [0.2, 0.25) is 0 Å². The fraction of sp³-hybridized carbons (Fsp3) is 0.222. The van der Waals surface area contributed by atoms with Crippen LogP contribution in [0.1, 0.15) is 12.6 Å². The Bertz CT molecular complexity index is 978. The minimum Gasteiger partial charge on any atom is -0.466 e. The summed E-state index contributed by atoms with van der Waals surface area (Å²) in [6.07, 6.45) is 5.27. The average molecular weight is 423 g/mol. The molecule has 0 aliphatic rings. The number of hydrogen-bond donors (Lipinski definition) is 0. The molecule has 0 fully saturated rings. The van der Waals surface area contributed by atoms with Crippen molar-refractivity contribution in [1.82, 2.24) is 19.5 Å². The molecule has 0 saturated carbocycles. The summed E-state index contributed by atoms with van der Waals surface area (Å²) in [6.45, 7) is 2.09. The molecule has 27 heavy (non-hydrogen) atoms. The van der Waals surface area contributed by atoms with Crippen LogP contribution in [0, 0.1) is 0 Å². The van der Waals surface area contributed by atoms with Crippen LogP contribution < -0.4 is 0 Å². The number of rotatable bonds is 6. The lowest BCUT2D eigenvalue weighted by atomic mass is 10.2. The van der Waals surface area contributed by atoms with Crippen molar-refractivity contribution in [2.45, 2.75) is 18.5 Å². The van der Waals surface area contributed by atoms with Crippen molar-refractivity contribution in [3.8, 4) is 17.2 Å². The highest BCUT2D eigenvalue weighted by Gasteiger charge is 2.18. The molecule has 140 valence electrons. The maximum atomic E-state index is 12.0. The smallest absolute Gasteiger partial charge is 0.311 e. The molecular formula is C18H16Cl2N4O2S. The Morgan fingerprint density at radius 1 is 1.22 bits per heavy atom. The molecule has 6 nitrogen and oxygen atoms in total. The highest BCUT2D eigenvalue weighted by molar-refractivity contribution is 7.98. The van der Waals surface area contributed by atoms with Gasteiger partial charge in [-0.05, 0) is 37.4 Å². The predicted molar refractivity (Wildman–Crippen MR) is 107 cm³/mol. The van der Waals surface area contributed by atoms with Gasteiger partial charge in [-0.25, -0.2) is 15.0 Å². The van der Waals surface area contributed by atoms with E-state index >= 15 is 0 Å². The lowest BCUT2D eigenvalue weighted by molar-refractivity contribution is -0.142. The number of aromatic nitrogens is 4. The first kappa shape index (κ1) is 19.7. The molecule has 0 radical (unpaired) electrons. The Balaban J connectivity index is 2.14. The van der Waals surface area contributed by atoms with Gasteiger partial charge in [-0.1, -0.05) is 35.0 Å². The summed E-state index contributed by atoms with van der Waals surface area (Å²) >= 11 is 13.6. The second-order valence-corrected chi connectivity index (χ2v) is 7.01.